The van der Waals surface area contributed by atoms with Gasteiger partial charge in [0.2, 0.25) is 11.9 Å². The molecular formula is C18H18N8O. The Hall–Kier alpha value is -3.49. The number of nitrogens with zero attached hydrogens (tertiary/aromatic N) is 6. The number of anilines is 1. The number of hydrogen-bond donors (Lipinski definition) is 2. The number of nitrogens with one attached hydrogen (secondary N) is 2. The smallest absolute Gasteiger partial charge is 0.224 e. The molecule has 1 atom stereocenters. The van der Waals surface area contributed by atoms with Crippen molar-refractivity contribution in [2.75, 3.05) is 18.9 Å². The van der Waals surface area contributed by atoms with E-state index in [0.29, 0.717) is 18.9 Å². The molecule has 9 heteroatoms. The number of H-pyrrole nitrogens is 1. The van der Waals surface area contributed by atoms with Gasteiger partial charge in [0, 0.05) is 55.6 Å². The van der Waals surface area contributed by atoms with E-state index in [1.54, 1.807) is 9.42 Å². The molecule has 1 aliphatic heterocycles. The molecule has 2 N–H and O–H groups in total. The second kappa shape index (κ2) is 6.04. The summed E-state index contributed by atoms with van der Waals surface area (Å²) in [6, 6.07) is 4.14. The van der Waals surface area contributed by atoms with Crippen LogP contribution in [0.15, 0.2) is 37.1 Å². The molecule has 0 bridgehead atoms. The van der Waals surface area contributed by atoms with Crippen LogP contribution in [0.2, 0.25) is 0 Å². The van der Waals surface area contributed by atoms with Gasteiger partial charge in [-0.1, -0.05) is 0 Å². The molecule has 5 rings (SSSR count). The Labute approximate surface area is 154 Å². The number of carbonyl (C=O) groups excluding carboxylic acids is 1. The summed E-state index contributed by atoms with van der Waals surface area (Å²) in [6.45, 7) is 0.661. The van der Waals surface area contributed by atoms with Gasteiger partial charge in [0.05, 0.1) is 0 Å². The fourth-order valence-corrected chi connectivity index (χ4v) is 3.51. The summed E-state index contributed by atoms with van der Waals surface area (Å²) in [5, 5.41) is 8.40. The molecule has 0 aromatic carbocycles. The van der Waals surface area contributed by atoms with Crippen LogP contribution in [-0.2, 0) is 4.79 Å². The van der Waals surface area contributed by atoms with E-state index in [-0.39, 0.29) is 11.9 Å². The molecule has 9 nitrogen and oxygen atoms in total. The predicted octanol–water partition coefficient (Wildman–Crippen LogP) is 1.70. The van der Waals surface area contributed by atoms with Crippen molar-refractivity contribution in [3.05, 3.63) is 37.1 Å². The van der Waals surface area contributed by atoms with Gasteiger partial charge in [-0.05, 0) is 24.1 Å². The lowest BCUT2D eigenvalue weighted by atomic mass is 10.1. The van der Waals surface area contributed by atoms with Crippen molar-refractivity contribution < 1.29 is 4.79 Å². The Morgan fingerprint density at radius 3 is 3.15 bits per heavy atom. The second-order valence-electron chi connectivity index (χ2n) is 6.79. The Kier molecular flexibility index (Phi) is 3.52. The molecule has 1 saturated heterocycles. The molecule has 0 unspecified atom stereocenters. The SMILES string of the molecule is CN1C[C@H](Nc2ncc3c(-c4ccn5ncnc5c4)c[nH]c3n2)CCC1=O. The van der Waals surface area contributed by atoms with Crippen LogP contribution in [0.1, 0.15) is 12.8 Å². The van der Waals surface area contributed by atoms with E-state index in [1.165, 1.54) is 6.33 Å². The monoisotopic (exact) mass is 362 g/mol. The van der Waals surface area contributed by atoms with Crippen LogP contribution in [0.5, 0.6) is 0 Å². The Morgan fingerprint density at radius 2 is 2.26 bits per heavy atom. The fraction of sp³-hybridized carbons (Fsp3) is 0.278. The molecule has 0 saturated carbocycles. The zero-order valence-corrected chi connectivity index (χ0v) is 14.8. The lowest BCUT2D eigenvalue weighted by Gasteiger charge is -2.30. The van der Waals surface area contributed by atoms with E-state index in [1.807, 2.05) is 37.8 Å². The molecular weight excluding hydrogens is 344 g/mol. The molecule has 27 heavy (non-hydrogen) atoms. The maximum atomic E-state index is 11.6. The van der Waals surface area contributed by atoms with Gasteiger partial charge in [0.1, 0.15) is 12.0 Å². The molecule has 4 aromatic rings. The highest BCUT2D eigenvalue weighted by Crippen LogP contribution is 2.28. The molecule has 1 fully saturated rings. The average molecular weight is 362 g/mol. The summed E-state index contributed by atoms with van der Waals surface area (Å²) in [5.41, 5.74) is 3.60. The quantitative estimate of drug-likeness (QED) is 0.575. The third-order valence-corrected chi connectivity index (χ3v) is 4.98. The third kappa shape index (κ3) is 2.77. The Bertz CT molecular complexity index is 1150. The topological polar surface area (TPSA) is 104 Å². The minimum Gasteiger partial charge on any atom is -0.350 e. The number of carbonyl (C=O) groups is 1. The zero-order chi connectivity index (χ0) is 18.4. The highest BCUT2D eigenvalue weighted by molar-refractivity contribution is 5.93. The number of aromatic amines is 1. The normalized spacial score (nSPS) is 17.7. The number of fused-ring (bicyclic) bond motifs is 2. The Balaban J connectivity index is 1.43. The Morgan fingerprint density at radius 1 is 1.33 bits per heavy atom. The van der Waals surface area contributed by atoms with Crippen molar-refractivity contribution in [2.24, 2.45) is 0 Å². The van der Waals surface area contributed by atoms with Crippen molar-refractivity contribution in [3.63, 3.8) is 0 Å². The zero-order valence-electron chi connectivity index (χ0n) is 14.8. The second-order valence-corrected chi connectivity index (χ2v) is 6.79. The fourth-order valence-electron chi connectivity index (χ4n) is 3.51. The summed E-state index contributed by atoms with van der Waals surface area (Å²) >= 11 is 0. The number of piperidine rings is 1. The minimum absolute atomic E-state index is 0.162. The first-order valence-corrected chi connectivity index (χ1v) is 8.82. The van der Waals surface area contributed by atoms with Crippen molar-refractivity contribution in [1.82, 2.24) is 34.4 Å². The van der Waals surface area contributed by atoms with E-state index in [4.69, 9.17) is 0 Å². The van der Waals surface area contributed by atoms with Crippen LogP contribution < -0.4 is 5.32 Å². The largest absolute Gasteiger partial charge is 0.350 e. The molecule has 0 radical (unpaired) electrons. The van der Waals surface area contributed by atoms with Crippen molar-refractivity contribution in [2.45, 2.75) is 18.9 Å². The standard InChI is InChI=1S/C18H18N8O/c1-25-9-12(2-3-16(25)27)23-18-20-8-14-13(7-19-17(14)24-18)11-4-5-26-15(6-11)21-10-22-26/h4-8,10,12H,2-3,9H2,1H3,(H2,19,20,23,24)/t12-/m1/s1. The van der Waals surface area contributed by atoms with Crippen molar-refractivity contribution in [1.29, 1.82) is 0 Å². The molecule has 1 aliphatic rings. The first-order chi connectivity index (χ1) is 13.2. The van der Waals surface area contributed by atoms with Crippen LogP contribution in [0.4, 0.5) is 5.95 Å². The third-order valence-electron chi connectivity index (χ3n) is 4.98. The number of amides is 1. The number of hydrogen-bond acceptors (Lipinski definition) is 6. The molecule has 4 aromatic heterocycles. The summed E-state index contributed by atoms with van der Waals surface area (Å²) < 4.78 is 1.73. The summed E-state index contributed by atoms with van der Waals surface area (Å²) in [4.78, 5) is 29.9. The van der Waals surface area contributed by atoms with Crippen LogP contribution >= 0.6 is 0 Å². The van der Waals surface area contributed by atoms with Crippen molar-refractivity contribution in [3.8, 4) is 11.1 Å². The number of likely N-dealkylation sites (N-methyl/N-ethyl adjacent to an activating group) is 1. The van der Waals surface area contributed by atoms with Gasteiger partial charge < -0.3 is 15.2 Å². The molecule has 136 valence electrons. The number of likely N-dealkylation sites (tertiary alicyclic amines) is 1. The number of aromatic nitrogens is 6. The van der Waals surface area contributed by atoms with Crippen molar-refractivity contribution >= 4 is 28.5 Å². The summed E-state index contributed by atoms with van der Waals surface area (Å²) in [7, 11) is 1.82. The number of rotatable bonds is 3. The van der Waals surface area contributed by atoms with Gasteiger partial charge in [0.25, 0.3) is 0 Å². The molecule has 1 amide bonds. The molecule has 0 aliphatic carbocycles. The lowest BCUT2D eigenvalue weighted by molar-refractivity contribution is -0.132. The summed E-state index contributed by atoms with van der Waals surface area (Å²) in [6.07, 6.45) is 8.51. The molecule has 0 spiro atoms. The average Bonchev–Trinajstić information content (AvgIpc) is 3.30. The van der Waals surface area contributed by atoms with Gasteiger partial charge in [0.15, 0.2) is 5.65 Å². The van der Waals surface area contributed by atoms with Gasteiger partial charge in [-0.15, -0.1) is 0 Å². The lowest BCUT2D eigenvalue weighted by Crippen LogP contribution is -2.43. The van der Waals surface area contributed by atoms with Gasteiger partial charge in [-0.3, -0.25) is 4.79 Å². The summed E-state index contributed by atoms with van der Waals surface area (Å²) in [5.74, 6) is 0.750. The highest BCUT2D eigenvalue weighted by atomic mass is 16.2. The van der Waals surface area contributed by atoms with E-state index >= 15 is 0 Å². The maximum absolute atomic E-state index is 11.6. The number of pyridine rings is 1. The molecule has 5 heterocycles. The van der Waals surface area contributed by atoms with E-state index in [9.17, 15) is 4.79 Å². The van der Waals surface area contributed by atoms with Crippen LogP contribution in [0, 0.1) is 0 Å². The predicted molar refractivity (Wildman–Crippen MR) is 100 cm³/mol. The van der Waals surface area contributed by atoms with E-state index in [2.05, 4.69) is 30.4 Å². The maximum Gasteiger partial charge on any atom is 0.224 e. The first kappa shape index (κ1) is 15.7. The highest BCUT2D eigenvalue weighted by Gasteiger charge is 2.23. The van der Waals surface area contributed by atoms with Gasteiger partial charge in [-0.2, -0.15) is 10.1 Å². The first-order valence-electron chi connectivity index (χ1n) is 8.82. The van der Waals surface area contributed by atoms with Gasteiger partial charge in [-0.25, -0.2) is 14.5 Å². The van der Waals surface area contributed by atoms with Crippen LogP contribution in [-0.4, -0.2) is 60.0 Å². The van der Waals surface area contributed by atoms with E-state index in [0.717, 1.165) is 34.2 Å². The van der Waals surface area contributed by atoms with E-state index < -0.39 is 0 Å². The van der Waals surface area contributed by atoms with Crippen LogP contribution in [0.25, 0.3) is 27.8 Å². The minimum atomic E-state index is 0.162. The van der Waals surface area contributed by atoms with Crippen LogP contribution in [0.3, 0.4) is 0 Å². The van der Waals surface area contributed by atoms with Gasteiger partial charge >= 0.3 is 0 Å².